The number of nitrogens with zero attached hydrogens (tertiary/aromatic N) is 1. The average Bonchev–Trinajstić information content (AvgIpc) is 2.69. The van der Waals surface area contributed by atoms with E-state index in [2.05, 4.69) is 5.32 Å². The maximum absolute atomic E-state index is 13.6. The van der Waals surface area contributed by atoms with Crippen LogP contribution in [0.5, 0.6) is 11.5 Å². The van der Waals surface area contributed by atoms with Crippen LogP contribution in [0.25, 0.3) is 0 Å². The van der Waals surface area contributed by atoms with E-state index in [0.29, 0.717) is 5.56 Å². The number of methoxy groups -OCH3 is 2. The van der Waals surface area contributed by atoms with E-state index in [1.807, 2.05) is 0 Å². The standard InChI is InChI=1S/C19H19FN2O7/c1-10-5-6-12(7-14(10)20)21-18(23)11(2)29-19(24)13-8-16(27-3)17(28-4)9-15(13)22(25)26/h5-9,11H,1-4H3,(H,21,23)/t11-/m0/s1. The minimum atomic E-state index is -1.31. The molecule has 1 N–H and O–H groups in total. The molecule has 1 atom stereocenters. The van der Waals surface area contributed by atoms with Gasteiger partial charge in [-0.15, -0.1) is 0 Å². The minimum Gasteiger partial charge on any atom is -0.493 e. The first-order valence-electron chi connectivity index (χ1n) is 8.36. The van der Waals surface area contributed by atoms with Crippen LogP contribution in [0.2, 0.25) is 0 Å². The lowest BCUT2D eigenvalue weighted by Crippen LogP contribution is -2.30. The second-order valence-electron chi connectivity index (χ2n) is 5.98. The Kier molecular flexibility index (Phi) is 6.71. The van der Waals surface area contributed by atoms with Crippen molar-refractivity contribution in [3.63, 3.8) is 0 Å². The largest absolute Gasteiger partial charge is 0.493 e. The second kappa shape index (κ2) is 9.00. The van der Waals surface area contributed by atoms with Gasteiger partial charge in [0.15, 0.2) is 17.6 Å². The lowest BCUT2D eigenvalue weighted by atomic mass is 10.1. The highest BCUT2D eigenvalue weighted by Gasteiger charge is 2.28. The van der Waals surface area contributed by atoms with Gasteiger partial charge in [-0.3, -0.25) is 14.9 Å². The lowest BCUT2D eigenvalue weighted by molar-refractivity contribution is -0.385. The normalized spacial score (nSPS) is 11.3. The monoisotopic (exact) mass is 406 g/mol. The number of amides is 1. The molecule has 0 aliphatic rings. The van der Waals surface area contributed by atoms with Crippen LogP contribution in [0.4, 0.5) is 15.8 Å². The van der Waals surface area contributed by atoms with E-state index in [1.54, 1.807) is 6.92 Å². The van der Waals surface area contributed by atoms with Gasteiger partial charge in [-0.1, -0.05) is 6.07 Å². The summed E-state index contributed by atoms with van der Waals surface area (Å²) in [4.78, 5) is 35.2. The highest BCUT2D eigenvalue weighted by molar-refractivity contribution is 5.99. The van der Waals surface area contributed by atoms with E-state index in [0.717, 1.165) is 18.2 Å². The molecule has 0 aromatic heterocycles. The van der Waals surface area contributed by atoms with Crippen molar-refractivity contribution in [1.82, 2.24) is 0 Å². The molecule has 0 fully saturated rings. The van der Waals surface area contributed by atoms with Crippen molar-refractivity contribution in [1.29, 1.82) is 0 Å². The van der Waals surface area contributed by atoms with Crippen LogP contribution in [0.1, 0.15) is 22.8 Å². The highest BCUT2D eigenvalue weighted by Crippen LogP contribution is 2.35. The lowest BCUT2D eigenvalue weighted by Gasteiger charge is -2.15. The number of hydrogen-bond acceptors (Lipinski definition) is 7. The Hall–Kier alpha value is -3.69. The van der Waals surface area contributed by atoms with Crippen LogP contribution in [-0.4, -0.2) is 37.1 Å². The number of carbonyl (C=O) groups excluding carboxylic acids is 2. The zero-order valence-electron chi connectivity index (χ0n) is 16.1. The fourth-order valence-electron chi connectivity index (χ4n) is 2.37. The van der Waals surface area contributed by atoms with Gasteiger partial charge < -0.3 is 19.5 Å². The molecule has 0 spiro atoms. The molecule has 0 aliphatic carbocycles. The number of nitro benzene ring substituents is 1. The van der Waals surface area contributed by atoms with E-state index >= 15 is 0 Å². The Labute approximate surface area is 165 Å². The van der Waals surface area contributed by atoms with Gasteiger partial charge in [0.05, 0.1) is 25.2 Å². The van der Waals surface area contributed by atoms with Gasteiger partial charge in [-0.05, 0) is 31.5 Å². The number of nitro groups is 1. The predicted molar refractivity (Wildman–Crippen MR) is 101 cm³/mol. The molecule has 2 aromatic rings. The van der Waals surface area contributed by atoms with Crippen molar-refractivity contribution in [3.05, 3.63) is 57.4 Å². The van der Waals surface area contributed by atoms with Crippen molar-refractivity contribution in [3.8, 4) is 11.5 Å². The van der Waals surface area contributed by atoms with Crippen molar-refractivity contribution >= 4 is 23.3 Å². The molecule has 154 valence electrons. The van der Waals surface area contributed by atoms with Crippen LogP contribution in [-0.2, 0) is 9.53 Å². The Balaban J connectivity index is 2.20. The number of halogens is 1. The zero-order valence-corrected chi connectivity index (χ0v) is 16.1. The average molecular weight is 406 g/mol. The van der Waals surface area contributed by atoms with Crippen LogP contribution < -0.4 is 14.8 Å². The zero-order chi connectivity index (χ0) is 21.7. The molecule has 0 unspecified atom stereocenters. The molecule has 0 saturated heterocycles. The number of rotatable bonds is 7. The number of hydrogen-bond donors (Lipinski definition) is 1. The summed E-state index contributed by atoms with van der Waals surface area (Å²) in [6, 6.07) is 6.22. The number of esters is 1. The molecule has 0 bridgehead atoms. The summed E-state index contributed by atoms with van der Waals surface area (Å²) >= 11 is 0. The van der Waals surface area contributed by atoms with E-state index in [1.165, 1.54) is 33.3 Å². The summed E-state index contributed by atoms with van der Waals surface area (Å²) in [6.45, 7) is 2.85. The summed E-state index contributed by atoms with van der Waals surface area (Å²) in [6.07, 6.45) is -1.31. The van der Waals surface area contributed by atoms with Crippen LogP contribution in [0.15, 0.2) is 30.3 Å². The molecule has 2 aromatic carbocycles. The van der Waals surface area contributed by atoms with Crippen molar-refractivity contribution in [2.24, 2.45) is 0 Å². The van der Waals surface area contributed by atoms with Crippen LogP contribution in [0, 0.1) is 22.9 Å². The summed E-state index contributed by atoms with van der Waals surface area (Å²) < 4.78 is 28.7. The minimum absolute atomic E-state index is 0.0583. The topological polar surface area (TPSA) is 117 Å². The molecule has 29 heavy (non-hydrogen) atoms. The number of carbonyl (C=O) groups is 2. The van der Waals surface area contributed by atoms with Gasteiger partial charge in [0, 0.05) is 11.8 Å². The van der Waals surface area contributed by atoms with Gasteiger partial charge in [0.2, 0.25) is 0 Å². The first-order chi connectivity index (χ1) is 13.7. The van der Waals surface area contributed by atoms with E-state index in [9.17, 15) is 24.1 Å². The number of ether oxygens (including phenoxy) is 3. The first kappa shape index (κ1) is 21.6. The molecule has 10 heteroatoms. The maximum Gasteiger partial charge on any atom is 0.346 e. The Bertz CT molecular complexity index is 962. The van der Waals surface area contributed by atoms with Gasteiger partial charge in [0.1, 0.15) is 11.4 Å². The number of anilines is 1. The Morgan fingerprint density at radius 2 is 1.76 bits per heavy atom. The summed E-state index contributed by atoms with van der Waals surface area (Å²) in [7, 11) is 2.59. The van der Waals surface area contributed by atoms with Crippen molar-refractivity contribution < 1.29 is 33.1 Å². The molecule has 2 rings (SSSR count). The van der Waals surface area contributed by atoms with E-state index < -0.39 is 40.0 Å². The first-order valence-corrected chi connectivity index (χ1v) is 8.36. The quantitative estimate of drug-likeness (QED) is 0.426. The second-order valence-corrected chi connectivity index (χ2v) is 5.98. The number of benzene rings is 2. The third-order valence-corrected chi connectivity index (χ3v) is 4.01. The number of nitrogens with one attached hydrogen (secondary N) is 1. The van der Waals surface area contributed by atoms with Crippen LogP contribution in [0.3, 0.4) is 0 Å². The molecular formula is C19H19FN2O7. The van der Waals surface area contributed by atoms with Gasteiger partial charge in [0.25, 0.3) is 11.6 Å². The fraction of sp³-hybridized carbons (Fsp3) is 0.263. The Morgan fingerprint density at radius 3 is 2.31 bits per heavy atom. The maximum atomic E-state index is 13.6. The van der Waals surface area contributed by atoms with Gasteiger partial charge in [-0.2, -0.15) is 0 Å². The summed E-state index contributed by atoms with van der Waals surface area (Å²) in [5.41, 5.74) is -0.393. The molecule has 0 saturated carbocycles. The molecule has 1 amide bonds. The molecule has 9 nitrogen and oxygen atoms in total. The van der Waals surface area contributed by atoms with E-state index in [-0.39, 0.29) is 17.2 Å². The number of aryl methyl sites for hydroxylation is 1. The SMILES string of the molecule is COc1cc(C(=O)O[C@@H](C)C(=O)Nc2ccc(C)c(F)c2)c([N+](=O)[O-])cc1OC. The third kappa shape index (κ3) is 4.98. The molecule has 0 aliphatic heterocycles. The highest BCUT2D eigenvalue weighted by atomic mass is 19.1. The van der Waals surface area contributed by atoms with Crippen molar-refractivity contribution in [2.45, 2.75) is 20.0 Å². The van der Waals surface area contributed by atoms with Crippen molar-refractivity contribution in [2.75, 3.05) is 19.5 Å². The molecule has 0 radical (unpaired) electrons. The molecule has 0 heterocycles. The summed E-state index contributed by atoms with van der Waals surface area (Å²) in [5.74, 6) is -2.20. The third-order valence-electron chi connectivity index (χ3n) is 4.01. The molecular weight excluding hydrogens is 387 g/mol. The predicted octanol–water partition coefficient (Wildman–Crippen LogP) is 3.24. The summed E-state index contributed by atoms with van der Waals surface area (Å²) in [5, 5.41) is 13.7. The smallest absolute Gasteiger partial charge is 0.346 e. The van der Waals surface area contributed by atoms with Gasteiger partial charge >= 0.3 is 5.97 Å². The Morgan fingerprint density at radius 1 is 1.14 bits per heavy atom. The van der Waals surface area contributed by atoms with E-state index in [4.69, 9.17) is 14.2 Å². The van der Waals surface area contributed by atoms with Gasteiger partial charge in [-0.25, -0.2) is 9.18 Å². The fourth-order valence-corrected chi connectivity index (χ4v) is 2.37. The van der Waals surface area contributed by atoms with Crippen LogP contribution >= 0.6 is 0 Å².